The Hall–Kier alpha value is -3.84. The van der Waals surface area contributed by atoms with Gasteiger partial charge in [-0.05, 0) is 37.3 Å². The zero-order chi connectivity index (χ0) is 24.0. The summed E-state index contributed by atoms with van der Waals surface area (Å²) in [6, 6.07) is 17.4. The molecule has 0 saturated carbocycles. The number of amides is 1. The number of anilines is 1. The highest BCUT2D eigenvalue weighted by Crippen LogP contribution is 2.38. The molecule has 0 aliphatic heterocycles. The molecule has 0 radical (unpaired) electrons. The van der Waals surface area contributed by atoms with Gasteiger partial charge in [0.25, 0.3) is 5.91 Å². The number of ether oxygens (including phenoxy) is 1. The molecule has 168 valence electrons. The van der Waals surface area contributed by atoms with Gasteiger partial charge in [0.1, 0.15) is 11.1 Å². The van der Waals surface area contributed by atoms with E-state index >= 15 is 0 Å². The molecule has 1 amide bonds. The molecule has 0 aliphatic carbocycles. The van der Waals surface area contributed by atoms with Gasteiger partial charge in [0, 0.05) is 10.5 Å². The first-order chi connectivity index (χ1) is 15.7. The standard InChI is InChI=1S/C23H16F3N3O3S/c1-2-32-22(31)16-12-15(13-27)21(29-19(16)23(24,25)26)33-18-11-7-6-10-17(18)28-20(30)14-8-4-3-5-9-14/h3-12H,2H2,1H3,(H,28,30). The van der Waals surface area contributed by atoms with Crippen LogP contribution in [0.2, 0.25) is 0 Å². The number of alkyl halides is 3. The molecule has 0 spiro atoms. The van der Waals surface area contributed by atoms with Crippen molar-refractivity contribution in [3.63, 3.8) is 0 Å². The van der Waals surface area contributed by atoms with Crippen LogP contribution in [-0.2, 0) is 10.9 Å². The normalized spacial score (nSPS) is 10.9. The summed E-state index contributed by atoms with van der Waals surface area (Å²) in [5.41, 5.74) is -1.80. The maximum atomic E-state index is 13.6. The number of pyridine rings is 1. The molecule has 1 aromatic heterocycles. The van der Waals surface area contributed by atoms with Gasteiger partial charge in [-0.3, -0.25) is 4.79 Å². The van der Waals surface area contributed by atoms with Crippen LogP contribution in [0.5, 0.6) is 0 Å². The molecule has 33 heavy (non-hydrogen) atoms. The van der Waals surface area contributed by atoms with Crippen molar-refractivity contribution < 1.29 is 27.5 Å². The number of nitrogens with one attached hydrogen (secondary N) is 1. The van der Waals surface area contributed by atoms with Gasteiger partial charge >= 0.3 is 12.1 Å². The van der Waals surface area contributed by atoms with E-state index in [1.165, 1.54) is 6.92 Å². The Labute approximate surface area is 191 Å². The zero-order valence-electron chi connectivity index (χ0n) is 17.1. The Bertz CT molecular complexity index is 1230. The molecule has 0 aliphatic rings. The van der Waals surface area contributed by atoms with E-state index in [0.29, 0.717) is 16.1 Å². The van der Waals surface area contributed by atoms with Crippen molar-refractivity contribution in [2.24, 2.45) is 0 Å². The first-order valence-electron chi connectivity index (χ1n) is 9.57. The number of hydrogen-bond acceptors (Lipinski definition) is 6. The first kappa shape index (κ1) is 23.8. The van der Waals surface area contributed by atoms with Gasteiger partial charge in [0.2, 0.25) is 0 Å². The number of halogens is 3. The summed E-state index contributed by atoms with van der Waals surface area (Å²) in [6.45, 7) is 1.32. The second-order valence-corrected chi connectivity index (χ2v) is 7.52. The van der Waals surface area contributed by atoms with Crippen molar-refractivity contribution in [2.75, 3.05) is 11.9 Å². The van der Waals surface area contributed by atoms with Crippen LogP contribution in [0.15, 0.2) is 70.6 Å². The molecule has 0 fully saturated rings. The van der Waals surface area contributed by atoms with Gasteiger partial charge in [-0.15, -0.1) is 0 Å². The summed E-state index contributed by atoms with van der Waals surface area (Å²) in [7, 11) is 0. The number of benzene rings is 2. The number of rotatable bonds is 6. The Morgan fingerprint density at radius 2 is 1.79 bits per heavy atom. The van der Waals surface area contributed by atoms with E-state index in [1.807, 2.05) is 0 Å². The van der Waals surface area contributed by atoms with Crippen LogP contribution in [0.25, 0.3) is 0 Å². The quantitative estimate of drug-likeness (QED) is 0.474. The number of carbonyl (C=O) groups is 2. The van der Waals surface area contributed by atoms with Gasteiger partial charge in [-0.2, -0.15) is 18.4 Å². The summed E-state index contributed by atoms with van der Waals surface area (Å²) in [5, 5.41) is 11.9. The highest BCUT2D eigenvalue weighted by molar-refractivity contribution is 7.99. The molecule has 0 bridgehead atoms. The van der Waals surface area contributed by atoms with Gasteiger partial charge in [-0.25, -0.2) is 9.78 Å². The predicted molar refractivity (Wildman–Crippen MR) is 115 cm³/mol. The SMILES string of the molecule is CCOC(=O)c1cc(C#N)c(Sc2ccccc2NC(=O)c2ccccc2)nc1C(F)(F)F. The molecule has 1 N–H and O–H groups in total. The molecule has 1 heterocycles. The molecule has 2 aromatic carbocycles. The number of aromatic nitrogens is 1. The van der Waals surface area contributed by atoms with Gasteiger partial charge in [0.15, 0.2) is 5.69 Å². The monoisotopic (exact) mass is 471 g/mol. The van der Waals surface area contributed by atoms with Crippen molar-refractivity contribution >= 4 is 29.3 Å². The molecule has 3 rings (SSSR count). The van der Waals surface area contributed by atoms with Gasteiger partial charge < -0.3 is 10.1 Å². The fourth-order valence-electron chi connectivity index (χ4n) is 2.78. The van der Waals surface area contributed by atoms with E-state index in [1.54, 1.807) is 60.7 Å². The van der Waals surface area contributed by atoms with E-state index in [4.69, 9.17) is 0 Å². The van der Waals surface area contributed by atoms with Crippen molar-refractivity contribution in [1.29, 1.82) is 5.26 Å². The van der Waals surface area contributed by atoms with Crippen LogP contribution in [0.1, 0.15) is 38.9 Å². The molecular weight excluding hydrogens is 455 g/mol. The summed E-state index contributed by atoms with van der Waals surface area (Å²) in [4.78, 5) is 28.5. The number of esters is 1. The summed E-state index contributed by atoms with van der Waals surface area (Å²) in [5.74, 6) is -1.63. The minimum absolute atomic E-state index is 0.136. The Balaban J connectivity index is 2.01. The lowest BCUT2D eigenvalue weighted by Crippen LogP contribution is -2.18. The predicted octanol–water partition coefficient (Wildman–Crippen LogP) is 5.55. The molecule has 0 atom stereocenters. The van der Waals surface area contributed by atoms with Crippen molar-refractivity contribution in [1.82, 2.24) is 4.98 Å². The van der Waals surface area contributed by atoms with E-state index in [2.05, 4.69) is 15.0 Å². The molecule has 10 heteroatoms. The fraction of sp³-hybridized carbons (Fsp3) is 0.130. The molecule has 6 nitrogen and oxygen atoms in total. The summed E-state index contributed by atoms with van der Waals surface area (Å²) >= 11 is 0.766. The second-order valence-electron chi connectivity index (χ2n) is 6.49. The highest BCUT2D eigenvalue weighted by Gasteiger charge is 2.39. The van der Waals surface area contributed by atoms with Crippen LogP contribution in [0.3, 0.4) is 0 Å². The minimum atomic E-state index is -4.95. The number of para-hydroxylation sites is 1. The zero-order valence-corrected chi connectivity index (χ0v) is 18.0. The molecular formula is C23H16F3N3O3S. The Morgan fingerprint density at radius 3 is 2.42 bits per heavy atom. The van der Waals surface area contributed by atoms with E-state index < -0.39 is 29.3 Å². The van der Waals surface area contributed by atoms with E-state index in [-0.39, 0.29) is 17.2 Å². The third-order valence-electron chi connectivity index (χ3n) is 4.25. The fourth-order valence-corrected chi connectivity index (χ4v) is 3.72. The Kier molecular flexibility index (Phi) is 7.35. The lowest BCUT2D eigenvalue weighted by atomic mass is 10.1. The molecule has 3 aromatic rings. The average Bonchev–Trinajstić information content (AvgIpc) is 2.80. The summed E-state index contributed by atoms with van der Waals surface area (Å²) < 4.78 is 45.6. The topological polar surface area (TPSA) is 92.1 Å². The van der Waals surface area contributed by atoms with Crippen LogP contribution >= 0.6 is 11.8 Å². The van der Waals surface area contributed by atoms with Crippen LogP contribution in [0.4, 0.5) is 18.9 Å². The largest absolute Gasteiger partial charge is 0.462 e. The maximum absolute atomic E-state index is 13.6. The third kappa shape index (κ3) is 5.70. The smallest absolute Gasteiger partial charge is 0.434 e. The van der Waals surface area contributed by atoms with Crippen LogP contribution in [0, 0.1) is 11.3 Å². The third-order valence-corrected chi connectivity index (χ3v) is 5.33. The van der Waals surface area contributed by atoms with Crippen molar-refractivity contribution in [3.8, 4) is 6.07 Å². The van der Waals surface area contributed by atoms with Crippen molar-refractivity contribution in [2.45, 2.75) is 23.0 Å². The lowest BCUT2D eigenvalue weighted by Gasteiger charge is -2.15. The number of hydrogen-bond donors (Lipinski definition) is 1. The minimum Gasteiger partial charge on any atom is -0.462 e. The number of nitrogens with zero attached hydrogens (tertiary/aromatic N) is 2. The van der Waals surface area contributed by atoms with Crippen LogP contribution < -0.4 is 5.32 Å². The highest BCUT2D eigenvalue weighted by atomic mass is 32.2. The van der Waals surface area contributed by atoms with Crippen molar-refractivity contribution in [3.05, 3.63) is 83.0 Å². The Morgan fingerprint density at radius 1 is 1.12 bits per heavy atom. The maximum Gasteiger partial charge on any atom is 0.434 e. The van der Waals surface area contributed by atoms with E-state index in [0.717, 1.165) is 17.8 Å². The average molecular weight is 471 g/mol. The van der Waals surface area contributed by atoms with Gasteiger partial charge in [0.05, 0.1) is 23.4 Å². The summed E-state index contributed by atoms with van der Waals surface area (Å²) in [6.07, 6.45) is -4.95. The number of nitriles is 1. The molecule has 0 saturated heterocycles. The van der Waals surface area contributed by atoms with Crippen LogP contribution in [-0.4, -0.2) is 23.5 Å². The first-order valence-corrected chi connectivity index (χ1v) is 10.4. The van der Waals surface area contributed by atoms with Gasteiger partial charge in [-0.1, -0.05) is 42.1 Å². The lowest BCUT2D eigenvalue weighted by molar-refractivity contribution is -0.142. The second kappa shape index (κ2) is 10.2. The number of carbonyl (C=O) groups excluding carboxylic acids is 2. The van der Waals surface area contributed by atoms with E-state index in [9.17, 15) is 28.0 Å². The molecule has 0 unspecified atom stereocenters.